The first-order chi connectivity index (χ1) is 7.42. The van der Waals surface area contributed by atoms with Crippen molar-refractivity contribution in [2.75, 3.05) is 0 Å². The zero-order valence-electron chi connectivity index (χ0n) is 8.09. The van der Waals surface area contributed by atoms with Gasteiger partial charge in [-0.25, -0.2) is 4.98 Å². The van der Waals surface area contributed by atoms with Crippen molar-refractivity contribution < 1.29 is 0 Å². The highest BCUT2D eigenvalue weighted by atomic mass is 15.0. The summed E-state index contributed by atoms with van der Waals surface area (Å²) < 4.78 is 2.02. The minimum Gasteiger partial charge on any atom is -0.326 e. The first-order valence-electron chi connectivity index (χ1n) is 4.80. The molecule has 0 fully saturated rings. The summed E-state index contributed by atoms with van der Waals surface area (Å²) in [7, 11) is 0. The molecule has 4 heteroatoms. The third kappa shape index (κ3) is 1.05. The quantitative estimate of drug-likeness (QED) is 0.642. The lowest BCUT2D eigenvalue weighted by Gasteiger charge is -1.94. The predicted octanol–water partition coefficient (Wildman–Crippen LogP) is 1.34. The maximum Gasteiger partial charge on any atom is 0.163 e. The Hall–Kier alpha value is -1.94. The van der Waals surface area contributed by atoms with Crippen LogP contribution < -0.4 is 5.73 Å². The average molecular weight is 198 g/mol. The summed E-state index contributed by atoms with van der Waals surface area (Å²) in [5.74, 6) is 0. The van der Waals surface area contributed by atoms with Crippen molar-refractivity contribution in [2.45, 2.75) is 6.54 Å². The van der Waals surface area contributed by atoms with E-state index in [1.807, 2.05) is 28.8 Å². The van der Waals surface area contributed by atoms with Gasteiger partial charge in [0.2, 0.25) is 0 Å². The van der Waals surface area contributed by atoms with Gasteiger partial charge in [0.05, 0.1) is 5.52 Å². The van der Waals surface area contributed by atoms with Gasteiger partial charge in [-0.3, -0.25) is 9.38 Å². The lowest BCUT2D eigenvalue weighted by molar-refractivity contribution is 1.09. The molecule has 0 aliphatic heterocycles. The highest BCUT2D eigenvalue weighted by Crippen LogP contribution is 2.22. The third-order valence-corrected chi connectivity index (χ3v) is 2.57. The first kappa shape index (κ1) is 8.38. The molecule has 0 aliphatic rings. The molecule has 3 rings (SSSR count). The van der Waals surface area contributed by atoms with Crippen LogP contribution in [0.25, 0.3) is 16.7 Å². The monoisotopic (exact) mass is 198 g/mol. The first-order valence-corrected chi connectivity index (χ1v) is 4.80. The van der Waals surface area contributed by atoms with Gasteiger partial charge < -0.3 is 5.73 Å². The van der Waals surface area contributed by atoms with E-state index in [-0.39, 0.29) is 0 Å². The summed E-state index contributed by atoms with van der Waals surface area (Å²) in [6, 6.07) is 6.00. The van der Waals surface area contributed by atoms with Gasteiger partial charge in [0.1, 0.15) is 5.52 Å². The van der Waals surface area contributed by atoms with Gasteiger partial charge in [0.15, 0.2) is 5.65 Å². The summed E-state index contributed by atoms with van der Waals surface area (Å²) in [6.45, 7) is 0.482. The Balaban J connectivity index is 2.62. The van der Waals surface area contributed by atoms with Crippen molar-refractivity contribution in [3.63, 3.8) is 0 Å². The van der Waals surface area contributed by atoms with E-state index >= 15 is 0 Å². The molecule has 0 bridgehead atoms. The van der Waals surface area contributed by atoms with Crippen LogP contribution >= 0.6 is 0 Å². The Bertz CT molecular complexity index is 573. The number of aromatic nitrogens is 3. The molecule has 2 N–H and O–H groups in total. The lowest BCUT2D eigenvalue weighted by Crippen LogP contribution is -1.96. The molecule has 0 atom stereocenters. The summed E-state index contributed by atoms with van der Waals surface area (Å²) in [5, 5.41) is 0. The van der Waals surface area contributed by atoms with Gasteiger partial charge in [-0.1, -0.05) is 6.07 Å². The van der Waals surface area contributed by atoms with Gasteiger partial charge in [-0.15, -0.1) is 0 Å². The van der Waals surface area contributed by atoms with Crippen LogP contribution in [0.5, 0.6) is 0 Å². The van der Waals surface area contributed by atoms with Crippen LogP contribution in [-0.4, -0.2) is 14.4 Å². The van der Waals surface area contributed by atoms with E-state index in [1.54, 1.807) is 12.4 Å². The number of pyridine rings is 1. The lowest BCUT2D eigenvalue weighted by atomic mass is 10.2. The highest BCUT2D eigenvalue weighted by Gasteiger charge is 2.10. The topological polar surface area (TPSA) is 56.2 Å². The fourth-order valence-corrected chi connectivity index (χ4v) is 1.92. The van der Waals surface area contributed by atoms with Crippen molar-refractivity contribution in [1.82, 2.24) is 14.4 Å². The van der Waals surface area contributed by atoms with Crippen LogP contribution in [0.4, 0.5) is 0 Å². The molecule has 0 aromatic carbocycles. The van der Waals surface area contributed by atoms with E-state index in [4.69, 9.17) is 5.73 Å². The predicted molar refractivity (Wildman–Crippen MR) is 58.4 cm³/mol. The van der Waals surface area contributed by atoms with Crippen molar-refractivity contribution >= 4 is 16.7 Å². The molecule has 0 saturated heterocycles. The number of hydrogen-bond acceptors (Lipinski definition) is 3. The standard InChI is InChI=1S/C11H10N4/c12-7-8-9-3-1-2-6-15(9)11-10(8)13-4-5-14-11/h1-6H,7,12H2. The third-order valence-electron chi connectivity index (χ3n) is 2.57. The van der Waals surface area contributed by atoms with Gasteiger partial charge in [-0.05, 0) is 12.1 Å². The van der Waals surface area contributed by atoms with Crippen molar-refractivity contribution in [1.29, 1.82) is 0 Å². The normalized spacial score (nSPS) is 11.3. The van der Waals surface area contributed by atoms with Gasteiger partial charge in [0, 0.05) is 30.7 Å². The Kier molecular flexibility index (Phi) is 1.69. The Morgan fingerprint density at radius 1 is 1.20 bits per heavy atom. The largest absolute Gasteiger partial charge is 0.326 e. The Morgan fingerprint density at radius 2 is 2.07 bits per heavy atom. The maximum atomic E-state index is 5.75. The van der Waals surface area contributed by atoms with E-state index in [0.29, 0.717) is 6.54 Å². The molecular formula is C11H10N4. The van der Waals surface area contributed by atoms with E-state index in [9.17, 15) is 0 Å². The van der Waals surface area contributed by atoms with Crippen LogP contribution in [0.1, 0.15) is 5.56 Å². The van der Waals surface area contributed by atoms with E-state index < -0.39 is 0 Å². The minimum atomic E-state index is 0.482. The van der Waals surface area contributed by atoms with Crippen molar-refractivity contribution in [3.05, 3.63) is 42.4 Å². The fraction of sp³-hybridized carbons (Fsp3) is 0.0909. The van der Waals surface area contributed by atoms with Gasteiger partial charge in [-0.2, -0.15) is 0 Å². The molecule has 0 aliphatic carbocycles. The smallest absolute Gasteiger partial charge is 0.163 e. The summed E-state index contributed by atoms with van der Waals surface area (Å²) in [6.07, 6.45) is 5.37. The molecule has 15 heavy (non-hydrogen) atoms. The summed E-state index contributed by atoms with van der Waals surface area (Å²) >= 11 is 0. The van der Waals surface area contributed by atoms with E-state index in [2.05, 4.69) is 9.97 Å². The zero-order valence-corrected chi connectivity index (χ0v) is 8.09. The van der Waals surface area contributed by atoms with Crippen molar-refractivity contribution in [3.8, 4) is 0 Å². The van der Waals surface area contributed by atoms with Crippen LogP contribution in [0.15, 0.2) is 36.8 Å². The summed E-state index contributed by atoms with van der Waals surface area (Å²) in [4.78, 5) is 8.65. The fourth-order valence-electron chi connectivity index (χ4n) is 1.92. The SMILES string of the molecule is NCc1c2nccnc2n2ccccc12. The van der Waals surface area contributed by atoms with Crippen LogP contribution in [0.2, 0.25) is 0 Å². The zero-order chi connectivity index (χ0) is 10.3. The van der Waals surface area contributed by atoms with Crippen LogP contribution in [0.3, 0.4) is 0 Å². The molecular weight excluding hydrogens is 188 g/mol. The summed E-state index contributed by atoms with van der Waals surface area (Å²) in [5.41, 5.74) is 9.65. The second-order valence-electron chi connectivity index (χ2n) is 3.37. The molecule has 3 aromatic heterocycles. The highest BCUT2D eigenvalue weighted by molar-refractivity contribution is 5.86. The van der Waals surface area contributed by atoms with E-state index in [1.165, 1.54) is 0 Å². The number of nitrogens with two attached hydrogens (primary N) is 1. The number of rotatable bonds is 1. The van der Waals surface area contributed by atoms with Crippen LogP contribution in [-0.2, 0) is 6.54 Å². The van der Waals surface area contributed by atoms with Gasteiger partial charge >= 0.3 is 0 Å². The maximum absolute atomic E-state index is 5.75. The van der Waals surface area contributed by atoms with Crippen LogP contribution in [0, 0.1) is 0 Å². The Morgan fingerprint density at radius 3 is 2.93 bits per heavy atom. The molecule has 3 aromatic rings. The molecule has 3 heterocycles. The number of fused-ring (bicyclic) bond motifs is 3. The minimum absolute atomic E-state index is 0.482. The van der Waals surface area contributed by atoms with E-state index in [0.717, 1.165) is 22.2 Å². The van der Waals surface area contributed by atoms with Gasteiger partial charge in [0.25, 0.3) is 0 Å². The average Bonchev–Trinajstić information content (AvgIpc) is 2.63. The number of nitrogens with zero attached hydrogens (tertiary/aromatic N) is 3. The molecule has 0 unspecified atom stereocenters. The Labute approximate surface area is 86.4 Å². The second-order valence-corrected chi connectivity index (χ2v) is 3.37. The number of hydrogen-bond donors (Lipinski definition) is 1. The molecule has 0 saturated carbocycles. The second kappa shape index (κ2) is 3.03. The molecule has 74 valence electrons. The molecule has 0 radical (unpaired) electrons. The van der Waals surface area contributed by atoms with Crippen molar-refractivity contribution in [2.24, 2.45) is 5.73 Å². The molecule has 0 spiro atoms. The molecule has 0 amide bonds. The molecule has 4 nitrogen and oxygen atoms in total.